The minimum atomic E-state index is -1.71. The van der Waals surface area contributed by atoms with Crippen LogP contribution in [0.2, 0.25) is 1.41 Å². The number of hydroxylamine groups is 2. The lowest BCUT2D eigenvalue weighted by Crippen LogP contribution is -2.64. The first kappa shape index (κ1) is 60.6. The lowest BCUT2D eigenvalue weighted by molar-refractivity contribution is -0.292. The van der Waals surface area contributed by atoms with Crippen LogP contribution < -0.4 is 21.3 Å². The Hall–Kier alpha value is -3.95. The van der Waals surface area contributed by atoms with Crippen molar-refractivity contribution in [3.63, 3.8) is 0 Å². The minimum Gasteiger partial charge on any atom is -0.394 e. The molecule has 10 N–H and O–H groups in total. The van der Waals surface area contributed by atoms with Gasteiger partial charge in [0.15, 0.2) is 14.0 Å². The first-order valence-corrected chi connectivity index (χ1v) is 25.9. The third kappa shape index (κ3) is 23.5. The number of unbranched alkanes of at least 4 members (excludes halogenated alkanes) is 14. The molecule has 3 fully saturated rings. The topological polar surface area (TPSA) is 342 Å². The van der Waals surface area contributed by atoms with Crippen molar-refractivity contribution in [1.29, 1.82) is 0 Å². The van der Waals surface area contributed by atoms with Gasteiger partial charge in [-0.15, -0.1) is 5.06 Å². The average molecular weight is 1030 g/mol. The van der Waals surface area contributed by atoms with Crippen molar-refractivity contribution in [2.75, 3.05) is 59.1 Å². The van der Waals surface area contributed by atoms with E-state index in [2.05, 4.69) is 22.9 Å². The highest BCUT2D eigenvalue weighted by atomic mass is 16.7. The van der Waals surface area contributed by atoms with Crippen LogP contribution in [0.25, 0.3) is 0 Å². The highest BCUT2D eigenvalue weighted by Crippen LogP contribution is 2.24. The summed E-state index contributed by atoms with van der Waals surface area (Å²) in [6.07, 6.45) is 3.02. The molecule has 0 aromatic rings. The number of hydrogen-bond acceptors (Lipinski definition) is 19. The number of hydrogen-bond donors (Lipinski definition) is 10. The summed E-state index contributed by atoms with van der Waals surface area (Å²) < 4.78 is 30.9. The number of amides is 6. The van der Waals surface area contributed by atoms with Gasteiger partial charge in [0.05, 0.1) is 45.6 Å². The van der Waals surface area contributed by atoms with Gasteiger partial charge in [0.1, 0.15) is 42.7 Å². The van der Waals surface area contributed by atoms with Gasteiger partial charge < -0.3 is 75.7 Å². The summed E-state index contributed by atoms with van der Waals surface area (Å²) >= 11 is 0. The summed E-state index contributed by atoms with van der Waals surface area (Å²) in [5.41, 5.74) is 0. The van der Waals surface area contributed by atoms with E-state index in [1.54, 1.807) is 0 Å². The summed E-state index contributed by atoms with van der Waals surface area (Å²) in [5, 5.41) is 70.4. The van der Waals surface area contributed by atoms with E-state index in [9.17, 15) is 64.2 Å². The van der Waals surface area contributed by atoms with Gasteiger partial charge in [0.2, 0.25) is 23.6 Å². The van der Waals surface area contributed by atoms with Crippen molar-refractivity contribution in [3.05, 3.63) is 0 Å². The Kier molecular flexibility index (Phi) is 29.7. The maximum Gasteiger partial charge on any atom is 0.333 e. The minimum absolute atomic E-state index is 0.0233. The Morgan fingerprint density at radius 1 is 0.611 bits per heavy atom. The van der Waals surface area contributed by atoms with Gasteiger partial charge in [-0.25, -0.2) is 4.79 Å². The van der Waals surface area contributed by atoms with Crippen LogP contribution in [-0.2, 0) is 57.3 Å². The molecule has 3 rings (SSSR count). The van der Waals surface area contributed by atoms with Crippen molar-refractivity contribution < 1.29 is 89.4 Å². The Bertz CT molecular complexity index is 1670. The van der Waals surface area contributed by atoms with E-state index >= 15 is 0 Å². The SMILES string of the molecule is [2H]N(C(=O)CCCCCCCCCCCCCCC)[C@H]1C(OCCNC(=O)CN(CC(=O)NCCCCCC(=O)ON2C(=O)CCC2=O)CC(=O)NCCO[C@@H]2O[C@@H](C)[C@@H](O)[C@@H](O)[C@@H]2O)O[C@H](CO)[C@@H](O)[C@@H]1O. The van der Waals surface area contributed by atoms with Gasteiger partial charge in [0.25, 0.3) is 11.8 Å². The van der Waals surface area contributed by atoms with Gasteiger partial charge >= 0.3 is 5.97 Å². The molecule has 0 aromatic heterocycles. The molecule has 414 valence electrons. The fourth-order valence-electron chi connectivity index (χ4n) is 8.30. The molecule has 0 aliphatic carbocycles. The maximum absolute atomic E-state index is 13.2. The average Bonchev–Trinajstić information content (AvgIpc) is 3.67. The number of carbonyl (C=O) groups excluding carboxylic acids is 7. The molecule has 6 amide bonds. The molecule has 72 heavy (non-hydrogen) atoms. The second-order valence-electron chi connectivity index (χ2n) is 18.7. The third-order valence-electron chi connectivity index (χ3n) is 12.5. The van der Waals surface area contributed by atoms with Crippen LogP contribution in [0.3, 0.4) is 0 Å². The number of nitrogens with one attached hydrogen (secondary N) is 4. The number of ether oxygens (including phenoxy) is 4. The van der Waals surface area contributed by atoms with E-state index in [0.29, 0.717) is 36.1 Å². The van der Waals surface area contributed by atoms with Crippen molar-refractivity contribution >= 4 is 41.4 Å². The van der Waals surface area contributed by atoms with Crippen LogP contribution in [0, 0.1) is 0 Å². The lowest BCUT2D eigenvalue weighted by Gasteiger charge is -2.42. The largest absolute Gasteiger partial charge is 0.394 e. The highest BCUT2D eigenvalue weighted by Gasteiger charge is 2.46. The highest BCUT2D eigenvalue weighted by molar-refractivity contribution is 6.01. The zero-order valence-corrected chi connectivity index (χ0v) is 42.2. The fourth-order valence-corrected chi connectivity index (χ4v) is 8.30. The molecule has 0 spiro atoms. The Balaban J connectivity index is 1.47. The molecule has 0 radical (unpaired) electrons. The first-order valence-electron chi connectivity index (χ1n) is 26.4. The standard InChI is InChI=1S/C48H84N6O18/c1-3-4-5-6-7-8-9-10-11-12-13-14-16-19-34(56)52-41-44(65)43(64)33(31-55)71-47(41)68-26-24-50-36(58)29-53(30-37(59)51-25-27-69-48-46(67)45(66)42(63)32(2)70-48)28-35(57)49-23-18-15-17-20-40(62)72-54-38(60)21-22-39(54)61/h32-33,41-48,55,63-67H,3-31H2,1-2H3,(H,49,57)(H,50,58)(H,51,59)(H,52,56)/t32-,33+,41+,42+,43+,44+,45+,46-,47?,48+/m0/s1/i/hD. The molecule has 1 unspecified atom stereocenters. The molecule has 24 nitrogen and oxygen atoms in total. The van der Waals surface area contributed by atoms with Crippen molar-refractivity contribution in [3.8, 4) is 0 Å². The van der Waals surface area contributed by atoms with Gasteiger partial charge in [-0.2, -0.15) is 0 Å². The number of rotatable bonds is 37. The van der Waals surface area contributed by atoms with Crippen LogP contribution in [0.1, 0.15) is 142 Å². The van der Waals surface area contributed by atoms with Gasteiger partial charge in [0, 0.05) is 45.3 Å². The van der Waals surface area contributed by atoms with E-state index in [1.807, 2.05) is 0 Å². The zero-order chi connectivity index (χ0) is 53.7. The molecule has 3 saturated heterocycles. The zero-order valence-electron chi connectivity index (χ0n) is 43.2. The second kappa shape index (κ2) is 35.3. The number of nitrogens with zero attached hydrogens (tertiary/aromatic N) is 2. The van der Waals surface area contributed by atoms with Crippen molar-refractivity contribution in [2.45, 2.75) is 204 Å². The predicted molar refractivity (Wildman–Crippen MR) is 255 cm³/mol. The van der Waals surface area contributed by atoms with Crippen molar-refractivity contribution in [1.82, 2.24) is 31.2 Å². The molecule has 10 atom stereocenters. The van der Waals surface area contributed by atoms with Gasteiger partial charge in [-0.05, 0) is 26.2 Å². The lowest BCUT2D eigenvalue weighted by atomic mass is 9.96. The first-order chi connectivity index (χ1) is 35.0. The summed E-state index contributed by atoms with van der Waals surface area (Å²) in [6, 6.07) is -1.47. The second-order valence-corrected chi connectivity index (χ2v) is 18.7. The molecular formula is C48H84N6O18. The molecule has 0 aromatic carbocycles. The van der Waals surface area contributed by atoms with Crippen LogP contribution in [-0.4, -0.2) is 202 Å². The molecule has 0 saturated carbocycles. The summed E-state index contributed by atoms with van der Waals surface area (Å²) in [6.45, 7) is 1.10. The Morgan fingerprint density at radius 3 is 1.64 bits per heavy atom. The van der Waals surface area contributed by atoms with Gasteiger partial charge in [-0.1, -0.05) is 90.4 Å². The van der Waals surface area contributed by atoms with Crippen molar-refractivity contribution in [2.24, 2.45) is 0 Å². The van der Waals surface area contributed by atoms with E-state index in [4.69, 9.17) is 25.2 Å². The number of aliphatic hydroxyl groups is 6. The molecule has 3 heterocycles. The molecule has 3 aliphatic rings. The normalized spacial score (nSPS) is 25.6. The van der Waals surface area contributed by atoms with E-state index in [-0.39, 0.29) is 58.5 Å². The maximum atomic E-state index is 13.2. The molecule has 24 heteroatoms. The smallest absolute Gasteiger partial charge is 0.333 e. The molecule has 0 bridgehead atoms. The molecular weight excluding hydrogens is 949 g/mol. The number of carbonyl (C=O) groups is 7. The van der Waals surface area contributed by atoms with Crippen LogP contribution in [0.5, 0.6) is 0 Å². The summed E-state index contributed by atoms with van der Waals surface area (Å²) in [4.78, 5) is 93.9. The van der Waals surface area contributed by atoms with Crippen LogP contribution in [0.15, 0.2) is 0 Å². The Morgan fingerprint density at radius 2 is 1.10 bits per heavy atom. The third-order valence-corrected chi connectivity index (χ3v) is 12.5. The quantitative estimate of drug-likeness (QED) is 0.0265. The number of aliphatic hydroxyl groups excluding tert-OH is 6. The monoisotopic (exact) mass is 1030 g/mol. The summed E-state index contributed by atoms with van der Waals surface area (Å²) in [7, 11) is 0. The summed E-state index contributed by atoms with van der Waals surface area (Å²) in [5.74, 6) is -4.33. The number of imide groups is 1. The van der Waals surface area contributed by atoms with E-state index in [1.165, 1.54) is 63.2 Å². The predicted octanol–water partition coefficient (Wildman–Crippen LogP) is -0.930. The van der Waals surface area contributed by atoms with Crippen LogP contribution >= 0.6 is 0 Å². The Labute approximate surface area is 423 Å². The van der Waals surface area contributed by atoms with Crippen LogP contribution in [0.4, 0.5) is 0 Å². The molecule has 3 aliphatic heterocycles. The fraction of sp³-hybridized carbons (Fsp3) is 0.854. The van der Waals surface area contributed by atoms with E-state index < -0.39 is 129 Å². The van der Waals surface area contributed by atoms with Gasteiger partial charge in [-0.3, -0.25) is 33.7 Å². The van der Waals surface area contributed by atoms with E-state index in [0.717, 1.165) is 25.7 Å².